The minimum absolute atomic E-state index is 0.0401. The van der Waals surface area contributed by atoms with Crippen LogP contribution in [0.1, 0.15) is 47.8 Å². The van der Waals surface area contributed by atoms with Crippen LogP contribution in [-0.4, -0.2) is 56.5 Å². The molecule has 0 aliphatic heterocycles. The third-order valence-electron chi connectivity index (χ3n) is 7.83. The number of nitrogens with zero attached hydrogens (tertiary/aromatic N) is 2. The number of rotatable bonds is 10. The van der Waals surface area contributed by atoms with Gasteiger partial charge >= 0.3 is 20.2 Å². The van der Waals surface area contributed by atoms with Crippen molar-refractivity contribution in [2.45, 2.75) is 21.9 Å². The first-order chi connectivity index (χ1) is 23.8. The number of benzene rings is 4. The Balaban J connectivity index is 1.25. The number of phenols is 2. The molecular formula is C33H22N4O11S2. The minimum Gasteiger partial charge on any atom is -0.508 e. The van der Waals surface area contributed by atoms with Gasteiger partial charge in [0.05, 0.1) is 5.56 Å². The fourth-order valence-corrected chi connectivity index (χ4v) is 7.68. The highest BCUT2D eigenvalue weighted by Crippen LogP contribution is 2.42. The zero-order chi connectivity index (χ0) is 36.0. The van der Waals surface area contributed by atoms with Crippen LogP contribution in [0.4, 0.5) is 0 Å². The van der Waals surface area contributed by atoms with Crippen molar-refractivity contribution in [2.24, 2.45) is 0 Å². The lowest BCUT2D eigenvalue weighted by atomic mass is 9.93. The van der Waals surface area contributed by atoms with E-state index in [1.165, 1.54) is 66.8 Å². The van der Waals surface area contributed by atoms with Gasteiger partial charge in [-0.3, -0.25) is 14.4 Å². The van der Waals surface area contributed by atoms with Gasteiger partial charge in [0.25, 0.3) is 0 Å². The van der Waals surface area contributed by atoms with E-state index in [-0.39, 0.29) is 38.5 Å². The Morgan fingerprint density at radius 1 is 0.680 bits per heavy atom. The first-order valence-electron chi connectivity index (χ1n) is 14.4. The van der Waals surface area contributed by atoms with Crippen LogP contribution in [0.25, 0.3) is 23.2 Å². The third kappa shape index (κ3) is 5.84. The van der Waals surface area contributed by atoms with Gasteiger partial charge < -0.3 is 39.9 Å². The van der Waals surface area contributed by atoms with Crippen molar-refractivity contribution in [3.63, 3.8) is 0 Å². The molecule has 2 aliphatic carbocycles. The van der Waals surface area contributed by atoms with E-state index < -0.39 is 77.4 Å². The zero-order valence-electron chi connectivity index (χ0n) is 25.2. The standard InChI is InChI=1S/C33H22N4O11S2/c34-36-24-14-11-19-21(30(24)40)3-1-5-27(19)49(43,44)47-18-9-7-17(8-10-18)29(39)23-13-16-26(38)33(32(23)42)48-50(45,46)28-6-2-4-22-20(28)12-15-25(37-35)31(22)41/h1-16,24-25,36-38,42H. The van der Waals surface area contributed by atoms with Gasteiger partial charge in [0.15, 0.2) is 17.3 Å². The summed E-state index contributed by atoms with van der Waals surface area (Å²) in [4.78, 5) is 37.7. The number of hydrogen-bond donors (Lipinski definition) is 4. The van der Waals surface area contributed by atoms with Crippen molar-refractivity contribution >= 4 is 49.7 Å². The van der Waals surface area contributed by atoms with Crippen molar-refractivity contribution in [2.75, 3.05) is 0 Å². The lowest BCUT2D eigenvalue weighted by Crippen LogP contribution is -2.74. The van der Waals surface area contributed by atoms with Gasteiger partial charge in [-0.25, -0.2) is 0 Å². The number of carbonyl (C=O) groups is 3. The molecule has 0 bridgehead atoms. The molecule has 252 valence electrons. The zero-order valence-corrected chi connectivity index (χ0v) is 26.8. The van der Waals surface area contributed by atoms with Gasteiger partial charge in [0, 0.05) is 27.8 Å². The molecule has 0 saturated carbocycles. The van der Waals surface area contributed by atoms with E-state index in [0.717, 1.165) is 30.3 Å². The molecule has 17 heteroatoms. The second-order valence-corrected chi connectivity index (χ2v) is 13.9. The highest BCUT2D eigenvalue weighted by Gasteiger charge is 2.33. The van der Waals surface area contributed by atoms with E-state index in [2.05, 4.69) is 0 Å². The Morgan fingerprint density at radius 3 is 1.68 bits per heavy atom. The molecule has 15 nitrogen and oxygen atoms in total. The smallest absolute Gasteiger partial charge is 0.340 e. The topological polar surface area (TPSA) is 251 Å². The molecule has 0 aromatic heterocycles. The normalized spacial score (nSPS) is 16.6. The van der Waals surface area contributed by atoms with E-state index >= 15 is 0 Å². The van der Waals surface area contributed by atoms with Gasteiger partial charge in [-0.1, -0.05) is 24.3 Å². The van der Waals surface area contributed by atoms with Crippen LogP contribution in [0.5, 0.6) is 23.0 Å². The summed E-state index contributed by atoms with van der Waals surface area (Å²) in [6.07, 6.45) is 5.14. The molecule has 2 atom stereocenters. The molecule has 50 heavy (non-hydrogen) atoms. The Labute approximate surface area is 283 Å². The molecule has 4 aromatic carbocycles. The van der Waals surface area contributed by atoms with Crippen LogP contribution < -0.4 is 18.6 Å². The van der Waals surface area contributed by atoms with Crippen LogP contribution in [0, 0.1) is 0 Å². The summed E-state index contributed by atoms with van der Waals surface area (Å²) >= 11 is 0. The second-order valence-electron chi connectivity index (χ2n) is 10.8. The fourth-order valence-electron chi connectivity index (χ4n) is 5.37. The molecule has 0 spiro atoms. The van der Waals surface area contributed by atoms with Crippen molar-refractivity contribution in [1.82, 2.24) is 0 Å². The summed E-state index contributed by atoms with van der Waals surface area (Å²) in [5, 5.41) is 25.0. The molecule has 0 heterocycles. The molecule has 0 amide bonds. The minimum atomic E-state index is -4.84. The van der Waals surface area contributed by atoms with Gasteiger partial charge in [-0.15, -0.1) is 0 Å². The van der Waals surface area contributed by atoms with E-state index in [4.69, 9.17) is 13.9 Å². The number of hydrogen-bond acceptors (Lipinski definition) is 11. The number of fused-ring (bicyclic) bond motifs is 2. The molecule has 0 fully saturated rings. The number of ketones is 3. The number of carbonyl (C=O) groups excluding carboxylic acids is 3. The molecule has 0 saturated heterocycles. The van der Waals surface area contributed by atoms with E-state index in [1.54, 1.807) is 5.11 Å². The molecular weight excluding hydrogens is 693 g/mol. The molecule has 0 radical (unpaired) electrons. The van der Waals surface area contributed by atoms with Crippen LogP contribution in [0.3, 0.4) is 0 Å². The molecule has 6 rings (SSSR count). The Morgan fingerprint density at radius 2 is 1.18 bits per heavy atom. The van der Waals surface area contributed by atoms with Crippen molar-refractivity contribution in [1.29, 1.82) is 0 Å². The number of nitrogens with one attached hydrogen (secondary N) is 2. The maximum absolute atomic E-state index is 13.4. The summed E-state index contributed by atoms with van der Waals surface area (Å²) < 4.78 is 63.3. The first-order valence-corrected chi connectivity index (χ1v) is 17.2. The highest BCUT2D eigenvalue weighted by atomic mass is 32.2. The monoisotopic (exact) mass is 714 g/mol. The number of Topliss-reactive ketones (excluding diaryl/α,β-unsaturated/α-hetero) is 2. The van der Waals surface area contributed by atoms with Crippen LogP contribution >= 0.6 is 0 Å². The van der Waals surface area contributed by atoms with Gasteiger partial charge in [0.2, 0.25) is 29.4 Å². The molecule has 4 aromatic rings. The maximum Gasteiger partial charge on any atom is 0.340 e. The fraction of sp³-hybridized carbons (Fsp3) is 0.0606. The van der Waals surface area contributed by atoms with Crippen molar-refractivity contribution < 1.29 is 60.0 Å². The highest BCUT2D eigenvalue weighted by molar-refractivity contribution is 7.87. The van der Waals surface area contributed by atoms with Crippen LogP contribution in [0.2, 0.25) is 0 Å². The number of phenolic OH excluding ortho intramolecular Hbond substituents is 2. The van der Waals surface area contributed by atoms with Gasteiger partial charge in [0.1, 0.15) is 15.5 Å². The predicted octanol–water partition coefficient (Wildman–Crippen LogP) is 1.22. The van der Waals surface area contributed by atoms with E-state index in [1.807, 2.05) is 5.11 Å². The van der Waals surface area contributed by atoms with Gasteiger partial charge in [-0.2, -0.15) is 16.8 Å². The predicted molar refractivity (Wildman–Crippen MR) is 171 cm³/mol. The summed E-state index contributed by atoms with van der Waals surface area (Å²) in [6, 6.07) is 12.1. The Hall–Kier alpha value is -6.33. The average Bonchev–Trinajstić information content (AvgIpc) is 3.10. The van der Waals surface area contributed by atoms with Crippen LogP contribution in [0.15, 0.2) is 94.7 Å². The Kier molecular flexibility index (Phi) is 8.46. The number of aromatic hydroxyl groups is 2. The average molecular weight is 715 g/mol. The summed E-state index contributed by atoms with van der Waals surface area (Å²) in [5.74, 6) is -5.11. The Bertz CT molecular complexity index is 2440. The molecule has 4 N–H and O–H groups in total. The lowest BCUT2D eigenvalue weighted by Gasteiger charge is -2.17. The lowest BCUT2D eigenvalue weighted by molar-refractivity contribution is -0.494. The van der Waals surface area contributed by atoms with Crippen molar-refractivity contribution in [3.8, 4) is 23.0 Å². The third-order valence-corrected chi connectivity index (χ3v) is 10.4. The SMILES string of the molecule is [N-]=[NH+]C1C=Cc2c(cccc2S(=O)(=O)Oc2ccc(C(=O)c3ccc(O)c(OS(=O)(=O)c4cccc5c4C=CC([NH+]=[N-])C5=O)c3O)cc2)C1=O. The maximum atomic E-state index is 13.4. The van der Waals surface area contributed by atoms with E-state index in [0.29, 0.717) is 0 Å². The quantitative estimate of drug-likeness (QED) is 0.103. The van der Waals surface area contributed by atoms with Crippen molar-refractivity contribution in [3.05, 3.63) is 129 Å². The molecule has 2 aliphatic rings. The second kappa shape index (κ2) is 12.6. The summed E-state index contributed by atoms with van der Waals surface area (Å²) in [7, 11) is -9.35. The van der Waals surface area contributed by atoms with Gasteiger partial charge in [-0.05, 0) is 72.8 Å². The van der Waals surface area contributed by atoms with E-state index in [9.17, 15) is 47.0 Å². The largest absolute Gasteiger partial charge is 0.508 e. The molecule has 2 unspecified atom stereocenters. The summed E-state index contributed by atoms with van der Waals surface area (Å²) in [6.45, 7) is 0. The van der Waals surface area contributed by atoms with Crippen LogP contribution in [-0.2, 0) is 20.2 Å². The first kappa shape index (κ1) is 33.6. The summed E-state index contributed by atoms with van der Waals surface area (Å²) in [5.41, 5.74) is 17.7.